The molecule has 0 aliphatic carbocycles. The third-order valence-electron chi connectivity index (χ3n) is 2.90. The second-order valence-electron chi connectivity index (χ2n) is 4.41. The van der Waals surface area contributed by atoms with Gasteiger partial charge >= 0.3 is 0 Å². The second-order valence-corrected chi connectivity index (χ2v) is 4.41. The van der Waals surface area contributed by atoms with Crippen LogP contribution in [0.4, 0.5) is 0 Å². The molecule has 2 rings (SSSR count). The molecule has 0 bridgehead atoms. The van der Waals surface area contributed by atoms with Crippen molar-refractivity contribution in [2.24, 2.45) is 0 Å². The Balaban J connectivity index is 2.38. The first-order valence-electron chi connectivity index (χ1n) is 5.92. The van der Waals surface area contributed by atoms with E-state index < -0.39 is 0 Å². The normalized spacial score (nSPS) is 10.7. The number of hydrogen-bond donors (Lipinski definition) is 0. The number of ether oxygens (including phenoxy) is 2. The Morgan fingerprint density at radius 1 is 1.11 bits per heavy atom. The van der Waals surface area contributed by atoms with Gasteiger partial charge in [0.15, 0.2) is 11.5 Å². The van der Waals surface area contributed by atoms with Crippen LogP contribution in [-0.4, -0.2) is 24.0 Å². The molecule has 0 amide bonds. The highest BCUT2D eigenvalue weighted by atomic mass is 16.5. The predicted molar refractivity (Wildman–Crippen MR) is 70.8 cm³/mol. The summed E-state index contributed by atoms with van der Waals surface area (Å²) in [5.74, 6) is 1.90. The van der Waals surface area contributed by atoms with Crippen LogP contribution in [-0.2, 0) is 0 Å². The largest absolute Gasteiger partial charge is 0.493 e. The highest BCUT2D eigenvalue weighted by molar-refractivity contribution is 5.48. The predicted octanol–water partition coefficient (Wildman–Crippen LogP) is 3.01. The van der Waals surface area contributed by atoms with E-state index in [2.05, 4.69) is 18.9 Å². The number of methoxy groups -OCH3 is 2. The summed E-state index contributed by atoms with van der Waals surface area (Å²) in [7, 11) is 3.26. The minimum Gasteiger partial charge on any atom is -0.493 e. The number of nitrogens with zero attached hydrogens (tertiary/aromatic N) is 2. The molecule has 2 aromatic rings. The van der Waals surface area contributed by atoms with Gasteiger partial charge in [0.2, 0.25) is 0 Å². The third-order valence-corrected chi connectivity index (χ3v) is 2.90. The van der Waals surface area contributed by atoms with Gasteiger partial charge in [0, 0.05) is 12.3 Å². The van der Waals surface area contributed by atoms with Gasteiger partial charge in [-0.05, 0) is 23.6 Å². The van der Waals surface area contributed by atoms with Crippen molar-refractivity contribution in [3.63, 3.8) is 0 Å². The lowest BCUT2D eigenvalue weighted by Crippen LogP contribution is -1.97. The maximum atomic E-state index is 5.29. The Kier molecular flexibility index (Phi) is 3.55. The summed E-state index contributed by atoms with van der Waals surface area (Å²) in [6.07, 6.45) is 3.92. The van der Waals surface area contributed by atoms with Crippen LogP contribution >= 0.6 is 0 Å². The molecule has 0 aliphatic rings. The third kappa shape index (κ3) is 2.32. The van der Waals surface area contributed by atoms with E-state index in [9.17, 15) is 0 Å². The molecule has 0 unspecified atom stereocenters. The quantitative estimate of drug-likeness (QED) is 0.832. The zero-order valence-electron chi connectivity index (χ0n) is 11.2. The molecule has 4 heteroatoms. The number of benzene rings is 1. The number of rotatable bonds is 4. The minimum absolute atomic E-state index is 0.471. The molecular weight excluding hydrogens is 228 g/mol. The van der Waals surface area contributed by atoms with Crippen LogP contribution in [0.15, 0.2) is 30.6 Å². The molecule has 0 saturated carbocycles. The fourth-order valence-electron chi connectivity index (χ4n) is 1.74. The molecule has 1 heterocycles. The average molecular weight is 246 g/mol. The van der Waals surface area contributed by atoms with E-state index in [1.165, 1.54) is 5.56 Å². The van der Waals surface area contributed by atoms with Crippen LogP contribution < -0.4 is 9.47 Å². The average Bonchev–Trinajstić information content (AvgIpc) is 2.87. The van der Waals surface area contributed by atoms with Crippen molar-refractivity contribution in [1.29, 1.82) is 0 Å². The van der Waals surface area contributed by atoms with Gasteiger partial charge in [0.1, 0.15) is 0 Å². The van der Waals surface area contributed by atoms with Crippen molar-refractivity contribution in [2.75, 3.05) is 14.2 Å². The maximum Gasteiger partial charge on any atom is 0.162 e. The molecule has 0 aliphatic heterocycles. The van der Waals surface area contributed by atoms with Gasteiger partial charge in [-0.25, -0.2) is 4.68 Å². The van der Waals surface area contributed by atoms with Crippen molar-refractivity contribution < 1.29 is 9.47 Å². The lowest BCUT2D eigenvalue weighted by molar-refractivity contribution is 0.354. The molecule has 0 N–H and O–H groups in total. The van der Waals surface area contributed by atoms with E-state index in [0.29, 0.717) is 11.7 Å². The molecule has 96 valence electrons. The molecule has 0 atom stereocenters. The van der Waals surface area contributed by atoms with Crippen LogP contribution in [0.25, 0.3) is 5.69 Å². The Morgan fingerprint density at radius 3 is 2.39 bits per heavy atom. The van der Waals surface area contributed by atoms with Gasteiger partial charge in [-0.1, -0.05) is 13.8 Å². The van der Waals surface area contributed by atoms with Crippen LogP contribution in [0.1, 0.15) is 25.3 Å². The Morgan fingerprint density at radius 2 is 1.83 bits per heavy atom. The molecule has 1 aromatic carbocycles. The molecule has 1 aromatic heterocycles. The summed E-state index contributed by atoms with van der Waals surface area (Å²) >= 11 is 0. The molecule has 0 saturated heterocycles. The van der Waals surface area contributed by atoms with E-state index >= 15 is 0 Å². The lowest BCUT2D eigenvalue weighted by atomic mass is 10.1. The van der Waals surface area contributed by atoms with E-state index in [4.69, 9.17) is 9.47 Å². The van der Waals surface area contributed by atoms with Crippen LogP contribution in [0.5, 0.6) is 11.5 Å². The van der Waals surface area contributed by atoms with Gasteiger partial charge in [-0.3, -0.25) is 0 Å². The molecular formula is C14H18N2O2. The molecule has 0 radical (unpaired) electrons. The summed E-state index contributed by atoms with van der Waals surface area (Å²) in [4.78, 5) is 0. The summed E-state index contributed by atoms with van der Waals surface area (Å²) in [6, 6.07) is 5.75. The SMILES string of the molecule is COc1ccc(-n2cc(C(C)C)cn2)cc1OC. The van der Waals surface area contributed by atoms with Gasteiger partial charge in [0.05, 0.1) is 26.1 Å². The van der Waals surface area contributed by atoms with Gasteiger partial charge in [-0.2, -0.15) is 5.10 Å². The first kappa shape index (κ1) is 12.5. The summed E-state index contributed by atoms with van der Waals surface area (Å²) in [6.45, 7) is 4.30. The molecule has 0 fully saturated rings. The maximum absolute atomic E-state index is 5.29. The zero-order valence-corrected chi connectivity index (χ0v) is 11.2. The van der Waals surface area contributed by atoms with Crippen LogP contribution in [0.2, 0.25) is 0 Å². The smallest absolute Gasteiger partial charge is 0.162 e. The molecule has 0 spiro atoms. The first-order valence-corrected chi connectivity index (χ1v) is 5.92. The second kappa shape index (κ2) is 5.12. The van der Waals surface area contributed by atoms with Crippen molar-refractivity contribution in [1.82, 2.24) is 9.78 Å². The van der Waals surface area contributed by atoms with E-state index in [1.54, 1.807) is 14.2 Å². The van der Waals surface area contributed by atoms with Crippen molar-refractivity contribution in [3.05, 3.63) is 36.2 Å². The van der Waals surface area contributed by atoms with Crippen molar-refractivity contribution in [2.45, 2.75) is 19.8 Å². The van der Waals surface area contributed by atoms with Crippen LogP contribution in [0.3, 0.4) is 0 Å². The number of aromatic nitrogens is 2. The van der Waals surface area contributed by atoms with E-state index in [-0.39, 0.29) is 0 Å². The summed E-state index contributed by atoms with van der Waals surface area (Å²) < 4.78 is 12.3. The van der Waals surface area contributed by atoms with E-state index in [1.807, 2.05) is 35.3 Å². The van der Waals surface area contributed by atoms with Gasteiger partial charge in [0.25, 0.3) is 0 Å². The Bertz CT molecular complexity index is 532. The van der Waals surface area contributed by atoms with Gasteiger partial charge < -0.3 is 9.47 Å². The zero-order chi connectivity index (χ0) is 13.1. The van der Waals surface area contributed by atoms with Gasteiger partial charge in [-0.15, -0.1) is 0 Å². The number of hydrogen-bond acceptors (Lipinski definition) is 3. The fourth-order valence-corrected chi connectivity index (χ4v) is 1.74. The monoisotopic (exact) mass is 246 g/mol. The highest BCUT2D eigenvalue weighted by Crippen LogP contribution is 2.29. The fraction of sp³-hybridized carbons (Fsp3) is 0.357. The highest BCUT2D eigenvalue weighted by Gasteiger charge is 2.08. The van der Waals surface area contributed by atoms with Crippen molar-refractivity contribution >= 4 is 0 Å². The minimum atomic E-state index is 0.471. The Labute approximate surface area is 107 Å². The lowest BCUT2D eigenvalue weighted by Gasteiger charge is -2.09. The standard InChI is InChI=1S/C14H18N2O2/c1-10(2)11-8-15-16(9-11)12-5-6-13(17-3)14(7-12)18-4/h5-10H,1-4H3. The van der Waals surface area contributed by atoms with Crippen LogP contribution in [0, 0.1) is 0 Å². The summed E-state index contributed by atoms with van der Waals surface area (Å²) in [5.41, 5.74) is 2.17. The topological polar surface area (TPSA) is 36.3 Å². The summed E-state index contributed by atoms with van der Waals surface area (Å²) in [5, 5.41) is 4.36. The van der Waals surface area contributed by atoms with Crippen molar-refractivity contribution in [3.8, 4) is 17.2 Å². The molecule has 18 heavy (non-hydrogen) atoms. The van der Waals surface area contributed by atoms with E-state index in [0.717, 1.165) is 11.4 Å². The first-order chi connectivity index (χ1) is 8.65. The molecule has 4 nitrogen and oxygen atoms in total. The Hall–Kier alpha value is -1.97.